The SMILES string of the molecule is CC(c1cccc(Cl)c1)N(C)c1cccc(NN)n1. The van der Waals surface area contributed by atoms with E-state index in [9.17, 15) is 0 Å². The van der Waals surface area contributed by atoms with E-state index in [0.29, 0.717) is 5.82 Å². The predicted octanol–water partition coefficient (Wildman–Crippen LogP) is 3.22. The molecule has 19 heavy (non-hydrogen) atoms. The van der Waals surface area contributed by atoms with Crippen molar-refractivity contribution in [3.05, 3.63) is 53.1 Å². The van der Waals surface area contributed by atoms with Crippen molar-refractivity contribution in [3.63, 3.8) is 0 Å². The monoisotopic (exact) mass is 276 g/mol. The van der Waals surface area contributed by atoms with Crippen LogP contribution in [0.2, 0.25) is 5.02 Å². The van der Waals surface area contributed by atoms with Crippen LogP contribution in [0.5, 0.6) is 0 Å². The molecule has 0 saturated heterocycles. The summed E-state index contributed by atoms with van der Waals surface area (Å²) in [5.74, 6) is 6.87. The zero-order chi connectivity index (χ0) is 13.8. The summed E-state index contributed by atoms with van der Waals surface area (Å²) in [6, 6.07) is 13.7. The van der Waals surface area contributed by atoms with Crippen LogP contribution in [0.15, 0.2) is 42.5 Å². The Kier molecular flexibility index (Phi) is 4.24. The molecule has 0 aliphatic rings. The second-order valence-corrected chi connectivity index (χ2v) is 4.80. The quantitative estimate of drug-likeness (QED) is 0.665. The van der Waals surface area contributed by atoms with Crippen molar-refractivity contribution >= 4 is 23.2 Å². The highest BCUT2D eigenvalue weighted by atomic mass is 35.5. The van der Waals surface area contributed by atoms with Gasteiger partial charge in [0, 0.05) is 12.1 Å². The molecular formula is C14H17ClN4. The average molecular weight is 277 g/mol. The molecular weight excluding hydrogens is 260 g/mol. The summed E-state index contributed by atoms with van der Waals surface area (Å²) in [6.07, 6.45) is 0. The molecule has 1 atom stereocenters. The lowest BCUT2D eigenvalue weighted by atomic mass is 10.1. The fraction of sp³-hybridized carbons (Fsp3) is 0.214. The Balaban J connectivity index is 2.25. The van der Waals surface area contributed by atoms with Gasteiger partial charge < -0.3 is 10.3 Å². The van der Waals surface area contributed by atoms with Crippen molar-refractivity contribution in [2.24, 2.45) is 5.84 Å². The molecule has 5 heteroatoms. The molecule has 3 N–H and O–H groups in total. The lowest BCUT2D eigenvalue weighted by molar-refractivity contribution is 0.729. The molecule has 1 heterocycles. The molecule has 2 rings (SSSR count). The van der Waals surface area contributed by atoms with Gasteiger partial charge in [-0.2, -0.15) is 0 Å². The Morgan fingerprint density at radius 1 is 1.26 bits per heavy atom. The van der Waals surface area contributed by atoms with E-state index in [-0.39, 0.29) is 6.04 Å². The molecule has 0 bridgehead atoms. The number of aromatic nitrogens is 1. The Morgan fingerprint density at radius 3 is 2.68 bits per heavy atom. The third kappa shape index (κ3) is 3.16. The summed E-state index contributed by atoms with van der Waals surface area (Å²) in [5, 5.41) is 0.739. The highest BCUT2D eigenvalue weighted by Crippen LogP contribution is 2.26. The number of nitrogens with two attached hydrogens (primary N) is 1. The fourth-order valence-electron chi connectivity index (χ4n) is 1.89. The van der Waals surface area contributed by atoms with E-state index in [1.807, 2.05) is 43.4 Å². The fourth-order valence-corrected chi connectivity index (χ4v) is 2.09. The Morgan fingerprint density at radius 2 is 2.00 bits per heavy atom. The molecule has 0 radical (unpaired) electrons. The number of pyridine rings is 1. The lowest BCUT2D eigenvalue weighted by Gasteiger charge is -2.26. The molecule has 0 spiro atoms. The van der Waals surface area contributed by atoms with E-state index in [1.165, 1.54) is 0 Å². The summed E-state index contributed by atoms with van der Waals surface area (Å²) >= 11 is 6.03. The highest BCUT2D eigenvalue weighted by molar-refractivity contribution is 6.30. The van der Waals surface area contributed by atoms with Crippen LogP contribution >= 0.6 is 11.6 Å². The normalized spacial score (nSPS) is 12.0. The first-order valence-electron chi connectivity index (χ1n) is 6.04. The van der Waals surface area contributed by atoms with Gasteiger partial charge in [0.15, 0.2) is 0 Å². The Bertz CT molecular complexity index is 559. The first-order chi connectivity index (χ1) is 9.11. The second-order valence-electron chi connectivity index (χ2n) is 4.37. The number of nitrogens with one attached hydrogen (secondary N) is 1. The number of nitrogen functional groups attached to an aromatic ring is 1. The van der Waals surface area contributed by atoms with Crippen LogP contribution in [0.4, 0.5) is 11.6 Å². The van der Waals surface area contributed by atoms with Gasteiger partial charge in [0.1, 0.15) is 11.6 Å². The highest BCUT2D eigenvalue weighted by Gasteiger charge is 2.13. The van der Waals surface area contributed by atoms with Crippen LogP contribution in [-0.2, 0) is 0 Å². The maximum atomic E-state index is 6.03. The van der Waals surface area contributed by atoms with Crippen molar-refractivity contribution in [1.29, 1.82) is 0 Å². The van der Waals surface area contributed by atoms with Crippen LogP contribution in [0.3, 0.4) is 0 Å². The molecule has 1 aromatic heterocycles. The van der Waals surface area contributed by atoms with Crippen molar-refractivity contribution in [3.8, 4) is 0 Å². The smallest absolute Gasteiger partial charge is 0.142 e. The van der Waals surface area contributed by atoms with E-state index in [2.05, 4.69) is 28.3 Å². The van der Waals surface area contributed by atoms with Gasteiger partial charge >= 0.3 is 0 Å². The molecule has 1 aromatic carbocycles. The van der Waals surface area contributed by atoms with E-state index in [0.717, 1.165) is 16.4 Å². The number of nitrogens with zero attached hydrogens (tertiary/aromatic N) is 2. The van der Waals surface area contributed by atoms with Crippen molar-refractivity contribution in [2.75, 3.05) is 17.4 Å². The predicted molar refractivity (Wildman–Crippen MR) is 80.3 cm³/mol. The maximum absolute atomic E-state index is 6.03. The number of halogens is 1. The summed E-state index contributed by atoms with van der Waals surface area (Å²) in [4.78, 5) is 6.49. The number of rotatable bonds is 4. The van der Waals surface area contributed by atoms with Gasteiger partial charge in [0.25, 0.3) is 0 Å². The van der Waals surface area contributed by atoms with Crippen LogP contribution < -0.4 is 16.2 Å². The van der Waals surface area contributed by atoms with E-state index < -0.39 is 0 Å². The Labute approximate surface area is 118 Å². The summed E-state index contributed by atoms with van der Waals surface area (Å²) in [7, 11) is 1.99. The van der Waals surface area contributed by atoms with Gasteiger partial charge in [-0.3, -0.25) is 0 Å². The van der Waals surface area contributed by atoms with E-state index >= 15 is 0 Å². The van der Waals surface area contributed by atoms with Crippen molar-refractivity contribution in [2.45, 2.75) is 13.0 Å². The topological polar surface area (TPSA) is 54.2 Å². The number of hydrogen-bond donors (Lipinski definition) is 2. The second kappa shape index (κ2) is 5.91. The van der Waals surface area contributed by atoms with Gasteiger partial charge in [0.2, 0.25) is 0 Å². The average Bonchev–Trinajstić information content (AvgIpc) is 2.45. The first kappa shape index (κ1) is 13.6. The standard InChI is InChI=1S/C14H17ClN4/c1-10(11-5-3-6-12(15)9-11)19(2)14-8-4-7-13(17-14)18-16/h3-10H,16H2,1-2H3,(H,17,18). The molecule has 4 nitrogen and oxygen atoms in total. The third-order valence-electron chi connectivity index (χ3n) is 3.16. The molecule has 1 unspecified atom stereocenters. The molecule has 0 amide bonds. The minimum Gasteiger partial charge on any atom is -0.353 e. The molecule has 0 saturated carbocycles. The number of anilines is 2. The largest absolute Gasteiger partial charge is 0.353 e. The Hall–Kier alpha value is -1.78. The van der Waals surface area contributed by atoms with Gasteiger partial charge in [-0.25, -0.2) is 10.8 Å². The summed E-state index contributed by atoms with van der Waals surface area (Å²) in [5.41, 5.74) is 3.69. The lowest BCUT2D eigenvalue weighted by Crippen LogP contribution is -2.23. The van der Waals surface area contributed by atoms with Crippen LogP contribution in [-0.4, -0.2) is 12.0 Å². The van der Waals surface area contributed by atoms with E-state index in [1.54, 1.807) is 0 Å². The minimum absolute atomic E-state index is 0.166. The molecule has 0 fully saturated rings. The first-order valence-corrected chi connectivity index (χ1v) is 6.41. The number of hydrazine groups is 1. The van der Waals surface area contributed by atoms with Gasteiger partial charge in [-0.15, -0.1) is 0 Å². The van der Waals surface area contributed by atoms with Gasteiger partial charge in [-0.05, 0) is 36.8 Å². The molecule has 2 aromatic rings. The van der Waals surface area contributed by atoms with Crippen LogP contribution in [0.1, 0.15) is 18.5 Å². The third-order valence-corrected chi connectivity index (χ3v) is 3.39. The van der Waals surface area contributed by atoms with E-state index in [4.69, 9.17) is 17.4 Å². The van der Waals surface area contributed by atoms with Crippen LogP contribution in [0.25, 0.3) is 0 Å². The van der Waals surface area contributed by atoms with Gasteiger partial charge in [-0.1, -0.05) is 29.8 Å². The number of benzene rings is 1. The number of hydrogen-bond acceptors (Lipinski definition) is 4. The maximum Gasteiger partial charge on any atom is 0.142 e. The van der Waals surface area contributed by atoms with Crippen molar-refractivity contribution < 1.29 is 0 Å². The minimum atomic E-state index is 0.166. The summed E-state index contributed by atoms with van der Waals surface area (Å²) < 4.78 is 0. The summed E-state index contributed by atoms with van der Waals surface area (Å²) in [6.45, 7) is 2.11. The van der Waals surface area contributed by atoms with Gasteiger partial charge in [0.05, 0.1) is 6.04 Å². The molecule has 0 aliphatic heterocycles. The zero-order valence-corrected chi connectivity index (χ0v) is 11.7. The molecule has 0 aliphatic carbocycles. The molecule has 100 valence electrons. The zero-order valence-electron chi connectivity index (χ0n) is 11.0. The van der Waals surface area contributed by atoms with Crippen LogP contribution in [0, 0.1) is 0 Å². The van der Waals surface area contributed by atoms with Crippen molar-refractivity contribution in [1.82, 2.24) is 4.98 Å².